The second-order valence-electron chi connectivity index (χ2n) is 5.08. The zero-order chi connectivity index (χ0) is 16.4. The SMILES string of the molecule is Cc1cc(C(=O)Nc2ccccc2C#N)c2cc(F)ccc2n1. The van der Waals surface area contributed by atoms with E-state index in [-0.39, 0.29) is 0 Å². The Morgan fingerprint density at radius 2 is 2.00 bits per heavy atom. The fraction of sp³-hybridized carbons (Fsp3) is 0.0556. The fourth-order valence-electron chi connectivity index (χ4n) is 2.40. The third-order valence-electron chi connectivity index (χ3n) is 3.44. The van der Waals surface area contributed by atoms with Crippen molar-refractivity contribution < 1.29 is 9.18 Å². The first-order valence-corrected chi connectivity index (χ1v) is 6.96. The third kappa shape index (κ3) is 2.87. The van der Waals surface area contributed by atoms with Gasteiger partial charge in [0, 0.05) is 11.1 Å². The first-order valence-electron chi connectivity index (χ1n) is 6.96. The Balaban J connectivity index is 2.08. The largest absolute Gasteiger partial charge is 0.321 e. The molecule has 23 heavy (non-hydrogen) atoms. The van der Waals surface area contributed by atoms with Crippen LogP contribution in [0, 0.1) is 24.1 Å². The Morgan fingerprint density at radius 3 is 2.78 bits per heavy atom. The van der Waals surface area contributed by atoms with Gasteiger partial charge in [-0.05, 0) is 43.3 Å². The minimum absolute atomic E-state index is 0.319. The van der Waals surface area contributed by atoms with Crippen LogP contribution in [0.25, 0.3) is 10.9 Å². The molecule has 0 saturated heterocycles. The average Bonchev–Trinajstić information content (AvgIpc) is 2.55. The summed E-state index contributed by atoms with van der Waals surface area (Å²) in [6.07, 6.45) is 0. The molecule has 0 atom stereocenters. The van der Waals surface area contributed by atoms with E-state index < -0.39 is 11.7 Å². The highest BCUT2D eigenvalue weighted by Gasteiger charge is 2.14. The molecule has 5 heteroatoms. The smallest absolute Gasteiger partial charge is 0.256 e. The second-order valence-corrected chi connectivity index (χ2v) is 5.08. The van der Waals surface area contributed by atoms with Crippen LogP contribution < -0.4 is 5.32 Å². The number of aromatic nitrogens is 1. The minimum Gasteiger partial charge on any atom is -0.321 e. The Bertz CT molecular complexity index is 960. The Labute approximate surface area is 132 Å². The van der Waals surface area contributed by atoms with E-state index in [9.17, 15) is 9.18 Å². The molecule has 1 amide bonds. The maximum Gasteiger partial charge on any atom is 0.256 e. The molecule has 0 aliphatic carbocycles. The number of hydrogen-bond acceptors (Lipinski definition) is 3. The number of carbonyl (C=O) groups excluding carboxylic acids is 1. The molecule has 0 saturated carbocycles. The molecule has 1 heterocycles. The molecule has 0 spiro atoms. The molecule has 3 rings (SSSR count). The van der Waals surface area contributed by atoms with E-state index in [1.165, 1.54) is 18.2 Å². The Hall–Kier alpha value is -3.26. The molecular weight excluding hydrogens is 293 g/mol. The van der Waals surface area contributed by atoms with Gasteiger partial charge in [-0.25, -0.2) is 4.39 Å². The zero-order valence-electron chi connectivity index (χ0n) is 12.3. The molecule has 0 radical (unpaired) electrons. The molecular formula is C18H12FN3O. The average molecular weight is 305 g/mol. The lowest BCUT2D eigenvalue weighted by atomic mass is 10.1. The van der Waals surface area contributed by atoms with E-state index >= 15 is 0 Å². The number of nitrogens with zero attached hydrogens (tertiary/aromatic N) is 2. The van der Waals surface area contributed by atoms with E-state index in [1.807, 2.05) is 6.07 Å². The number of nitrogens with one attached hydrogen (secondary N) is 1. The summed E-state index contributed by atoms with van der Waals surface area (Å²) < 4.78 is 13.5. The summed E-state index contributed by atoms with van der Waals surface area (Å²) in [5.41, 5.74) is 2.30. The van der Waals surface area contributed by atoms with Crippen LogP contribution in [-0.4, -0.2) is 10.9 Å². The minimum atomic E-state index is -0.436. The summed E-state index contributed by atoms with van der Waals surface area (Å²) in [5.74, 6) is -0.844. The van der Waals surface area contributed by atoms with Crippen LogP contribution in [0.4, 0.5) is 10.1 Å². The molecule has 0 bridgehead atoms. The number of halogens is 1. The molecule has 2 aromatic carbocycles. The zero-order valence-corrected chi connectivity index (χ0v) is 12.3. The topological polar surface area (TPSA) is 65.8 Å². The lowest BCUT2D eigenvalue weighted by Crippen LogP contribution is -2.14. The van der Waals surface area contributed by atoms with Gasteiger partial charge in [0.25, 0.3) is 5.91 Å². The van der Waals surface area contributed by atoms with Crippen LogP contribution in [0.5, 0.6) is 0 Å². The monoisotopic (exact) mass is 305 g/mol. The van der Waals surface area contributed by atoms with Gasteiger partial charge in [-0.15, -0.1) is 0 Å². The first-order chi connectivity index (χ1) is 11.1. The van der Waals surface area contributed by atoms with Crippen LogP contribution in [0.15, 0.2) is 48.5 Å². The van der Waals surface area contributed by atoms with E-state index in [0.717, 1.165) is 0 Å². The van der Waals surface area contributed by atoms with Crippen LogP contribution in [0.3, 0.4) is 0 Å². The molecule has 1 N–H and O–H groups in total. The number of hydrogen-bond donors (Lipinski definition) is 1. The van der Waals surface area contributed by atoms with E-state index in [0.29, 0.717) is 33.4 Å². The quantitative estimate of drug-likeness (QED) is 0.783. The van der Waals surface area contributed by atoms with Crippen molar-refractivity contribution in [1.29, 1.82) is 5.26 Å². The third-order valence-corrected chi connectivity index (χ3v) is 3.44. The van der Waals surface area contributed by atoms with Crippen molar-refractivity contribution in [3.05, 3.63) is 71.2 Å². The van der Waals surface area contributed by atoms with Gasteiger partial charge < -0.3 is 5.32 Å². The van der Waals surface area contributed by atoms with Gasteiger partial charge in [-0.1, -0.05) is 12.1 Å². The number of nitriles is 1. The van der Waals surface area contributed by atoms with Gasteiger partial charge in [-0.2, -0.15) is 5.26 Å². The Morgan fingerprint density at radius 1 is 1.22 bits per heavy atom. The molecule has 0 aliphatic heterocycles. The van der Waals surface area contributed by atoms with Crippen molar-refractivity contribution in [3.63, 3.8) is 0 Å². The summed E-state index contributed by atoms with van der Waals surface area (Å²) in [6.45, 7) is 1.77. The van der Waals surface area contributed by atoms with E-state index in [2.05, 4.69) is 10.3 Å². The molecule has 4 nitrogen and oxygen atoms in total. The van der Waals surface area contributed by atoms with Gasteiger partial charge in [0.15, 0.2) is 0 Å². The predicted octanol–water partition coefficient (Wildman–Crippen LogP) is 3.81. The molecule has 0 fully saturated rings. The molecule has 1 aromatic heterocycles. The summed E-state index contributed by atoms with van der Waals surface area (Å²) >= 11 is 0. The van der Waals surface area contributed by atoms with Gasteiger partial charge in [0.05, 0.1) is 22.3 Å². The summed E-state index contributed by atoms with van der Waals surface area (Å²) in [6, 6.07) is 14.5. The van der Waals surface area contributed by atoms with Crippen molar-refractivity contribution in [3.8, 4) is 6.07 Å². The number of rotatable bonds is 2. The van der Waals surface area contributed by atoms with Gasteiger partial charge in [0.1, 0.15) is 11.9 Å². The first kappa shape index (κ1) is 14.7. The van der Waals surface area contributed by atoms with Gasteiger partial charge in [-0.3, -0.25) is 9.78 Å². The van der Waals surface area contributed by atoms with Crippen LogP contribution in [0.1, 0.15) is 21.6 Å². The molecule has 112 valence electrons. The van der Waals surface area contributed by atoms with Crippen LogP contribution >= 0.6 is 0 Å². The van der Waals surface area contributed by atoms with E-state index in [1.54, 1.807) is 37.3 Å². The van der Waals surface area contributed by atoms with Crippen LogP contribution in [-0.2, 0) is 0 Å². The lowest BCUT2D eigenvalue weighted by Gasteiger charge is -2.10. The van der Waals surface area contributed by atoms with Gasteiger partial charge >= 0.3 is 0 Å². The van der Waals surface area contributed by atoms with Crippen molar-refractivity contribution in [1.82, 2.24) is 4.98 Å². The highest BCUT2D eigenvalue weighted by molar-refractivity contribution is 6.12. The Kier molecular flexibility index (Phi) is 3.73. The number of amides is 1. The number of aryl methyl sites for hydroxylation is 1. The van der Waals surface area contributed by atoms with Crippen molar-refractivity contribution >= 4 is 22.5 Å². The summed E-state index contributed by atoms with van der Waals surface area (Å²) in [4.78, 5) is 16.9. The normalized spacial score (nSPS) is 10.3. The van der Waals surface area contributed by atoms with Crippen molar-refractivity contribution in [2.24, 2.45) is 0 Å². The highest BCUT2D eigenvalue weighted by Crippen LogP contribution is 2.22. The number of fused-ring (bicyclic) bond motifs is 1. The molecule has 0 unspecified atom stereocenters. The van der Waals surface area contributed by atoms with Crippen molar-refractivity contribution in [2.45, 2.75) is 6.92 Å². The standard InChI is InChI=1S/C18H12FN3O/c1-11-8-15(14-9-13(19)6-7-17(14)21-11)18(23)22-16-5-3-2-4-12(16)10-20/h2-9H,1H3,(H,22,23). The van der Waals surface area contributed by atoms with Gasteiger partial charge in [0.2, 0.25) is 0 Å². The van der Waals surface area contributed by atoms with Crippen molar-refractivity contribution in [2.75, 3.05) is 5.32 Å². The summed E-state index contributed by atoms with van der Waals surface area (Å²) in [7, 11) is 0. The maximum atomic E-state index is 13.5. The number of anilines is 1. The fourth-order valence-corrected chi connectivity index (χ4v) is 2.40. The predicted molar refractivity (Wildman–Crippen MR) is 85.5 cm³/mol. The lowest BCUT2D eigenvalue weighted by molar-refractivity contribution is 0.102. The van der Waals surface area contributed by atoms with E-state index in [4.69, 9.17) is 5.26 Å². The second kappa shape index (κ2) is 5.85. The molecule has 3 aromatic rings. The number of carbonyl (C=O) groups is 1. The molecule has 0 aliphatic rings. The number of para-hydroxylation sites is 1. The maximum absolute atomic E-state index is 13.5. The highest BCUT2D eigenvalue weighted by atomic mass is 19.1. The van der Waals surface area contributed by atoms with Crippen LogP contribution in [0.2, 0.25) is 0 Å². The number of pyridine rings is 1. The summed E-state index contributed by atoms with van der Waals surface area (Å²) in [5, 5.41) is 12.2. The number of benzene rings is 2.